The molecular weight excluding hydrogens is 486 g/mol. The number of carbonyl (C=O) groups excluding carboxylic acids is 1. The number of anilines is 1. The van der Waals surface area contributed by atoms with Crippen LogP contribution in [0.3, 0.4) is 0 Å². The van der Waals surface area contributed by atoms with Crippen LogP contribution in [-0.2, 0) is 22.6 Å². The molecule has 0 fully saturated rings. The third-order valence-electron chi connectivity index (χ3n) is 6.47. The summed E-state index contributed by atoms with van der Waals surface area (Å²) in [7, 11) is 0. The Bertz CT molecular complexity index is 1410. The molecule has 3 aromatic carbocycles. The molecule has 0 aliphatic carbocycles. The second-order valence-electron chi connectivity index (χ2n) is 9.05. The molecule has 188 valence electrons. The monoisotopic (exact) mass is 513 g/mol. The van der Waals surface area contributed by atoms with Gasteiger partial charge in [-0.25, -0.2) is 0 Å². The van der Waals surface area contributed by atoms with Gasteiger partial charge in [-0.05, 0) is 41.8 Å². The van der Waals surface area contributed by atoms with Crippen LogP contribution in [0.1, 0.15) is 17.5 Å². The number of aromatic nitrogens is 1. The first-order chi connectivity index (χ1) is 18.0. The number of amides is 1. The highest BCUT2D eigenvalue weighted by Gasteiger charge is 2.47. The molecule has 6 nitrogen and oxygen atoms in total. The minimum atomic E-state index is -1.56. The van der Waals surface area contributed by atoms with Crippen molar-refractivity contribution in [3.63, 3.8) is 0 Å². The minimum absolute atomic E-state index is 0.239. The fraction of sp³-hybridized carbons (Fsp3) is 0.200. The molecular formula is C30H28ClN3O3. The second-order valence-corrected chi connectivity index (χ2v) is 9.49. The molecule has 2 N–H and O–H groups in total. The molecule has 1 amide bonds. The fourth-order valence-electron chi connectivity index (χ4n) is 4.61. The number of benzene rings is 3. The largest absolute Gasteiger partial charge is 0.488 e. The van der Waals surface area contributed by atoms with E-state index in [0.717, 1.165) is 27.7 Å². The van der Waals surface area contributed by atoms with E-state index in [-0.39, 0.29) is 24.7 Å². The summed E-state index contributed by atoms with van der Waals surface area (Å²) in [6.45, 7) is 1.23. The maximum absolute atomic E-state index is 13.0. The minimum Gasteiger partial charge on any atom is -0.488 e. The van der Waals surface area contributed by atoms with Gasteiger partial charge in [0.15, 0.2) is 5.76 Å². The molecule has 7 heteroatoms. The van der Waals surface area contributed by atoms with Crippen LogP contribution in [0.2, 0.25) is 5.02 Å². The molecule has 1 unspecified atom stereocenters. The van der Waals surface area contributed by atoms with Gasteiger partial charge in [0.05, 0.1) is 5.52 Å². The van der Waals surface area contributed by atoms with Crippen LogP contribution in [0.15, 0.2) is 103 Å². The van der Waals surface area contributed by atoms with Crippen LogP contribution < -0.4 is 5.32 Å². The summed E-state index contributed by atoms with van der Waals surface area (Å²) in [5.41, 5.74) is 2.08. The van der Waals surface area contributed by atoms with Gasteiger partial charge < -0.3 is 20.1 Å². The molecule has 1 aliphatic heterocycles. The first kappa shape index (κ1) is 24.8. The number of fused-ring (bicyclic) bond motifs is 1. The number of hydrogen-bond donors (Lipinski definition) is 2. The Morgan fingerprint density at radius 2 is 1.70 bits per heavy atom. The molecule has 0 saturated heterocycles. The number of halogens is 1. The van der Waals surface area contributed by atoms with E-state index < -0.39 is 5.72 Å². The first-order valence-electron chi connectivity index (χ1n) is 12.3. The zero-order valence-electron chi connectivity index (χ0n) is 20.3. The van der Waals surface area contributed by atoms with E-state index in [0.29, 0.717) is 24.5 Å². The standard InChI is InChI=1S/C30H28ClN3O3/c31-24-12-13-25-26(14-16-33-27(25)18-24)32-15-7-17-34-29(35)19-28(37-21-23-10-5-2-6-11-23)30(34,36)20-22-8-3-1-4-9-22/h1-6,8-14,16,18-19,36H,7,15,17,20-21H2,(H,32,33). The van der Waals surface area contributed by atoms with Crippen molar-refractivity contribution in [1.82, 2.24) is 9.88 Å². The van der Waals surface area contributed by atoms with Gasteiger partial charge in [0.1, 0.15) is 6.61 Å². The van der Waals surface area contributed by atoms with Crippen LogP contribution in [0.4, 0.5) is 5.69 Å². The highest BCUT2D eigenvalue weighted by atomic mass is 35.5. The summed E-state index contributed by atoms with van der Waals surface area (Å²) < 4.78 is 6.03. The molecule has 1 atom stereocenters. The first-order valence-corrected chi connectivity index (χ1v) is 12.7. The van der Waals surface area contributed by atoms with E-state index >= 15 is 0 Å². The highest BCUT2D eigenvalue weighted by molar-refractivity contribution is 6.31. The number of nitrogens with zero attached hydrogens (tertiary/aromatic N) is 2. The molecule has 2 heterocycles. The third kappa shape index (κ3) is 5.61. The Labute approximate surface area is 221 Å². The van der Waals surface area contributed by atoms with E-state index in [9.17, 15) is 9.90 Å². The van der Waals surface area contributed by atoms with Gasteiger partial charge in [0.25, 0.3) is 5.91 Å². The van der Waals surface area contributed by atoms with Crippen molar-refractivity contribution in [2.75, 3.05) is 18.4 Å². The zero-order chi connectivity index (χ0) is 25.7. The number of aliphatic hydroxyl groups is 1. The Hall–Kier alpha value is -3.87. The van der Waals surface area contributed by atoms with E-state index in [4.69, 9.17) is 16.3 Å². The van der Waals surface area contributed by atoms with Gasteiger partial charge in [0, 0.05) is 47.9 Å². The van der Waals surface area contributed by atoms with Gasteiger partial charge in [0.2, 0.25) is 5.72 Å². The molecule has 1 aliphatic rings. The highest BCUT2D eigenvalue weighted by Crippen LogP contribution is 2.34. The van der Waals surface area contributed by atoms with Crippen LogP contribution in [0, 0.1) is 0 Å². The van der Waals surface area contributed by atoms with Crippen molar-refractivity contribution in [1.29, 1.82) is 0 Å². The SMILES string of the molecule is O=C1C=C(OCc2ccccc2)C(O)(Cc2ccccc2)N1CCCNc1ccnc2cc(Cl)ccc12. The number of carbonyl (C=O) groups is 1. The lowest BCUT2D eigenvalue weighted by atomic mass is 10.0. The van der Waals surface area contributed by atoms with Gasteiger partial charge in [-0.15, -0.1) is 0 Å². The van der Waals surface area contributed by atoms with Crippen LogP contribution in [0.5, 0.6) is 0 Å². The predicted molar refractivity (Wildman–Crippen MR) is 146 cm³/mol. The average molecular weight is 514 g/mol. The average Bonchev–Trinajstić information content (AvgIpc) is 3.14. The number of rotatable bonds is 10. The summed E-state index contributed by atoms with van der Waals surface area (Å²) in [4.78, 5) is 18.9. The molecule has 0 radical (unpaired) electrons. The van der Waals surface area contributed by atoms with Crippen LogP contribution >= 0.6 is 11.6 Å². The summed E-state index contributed by atoms with van der Waals surface area (Å²) in [5, 5.41) is 16.9. The quantitative estimate of drug-likeness (QED) is 0.271. The van der Waals surface area contributed by atoms with Gasteiger partial charge >= 0.3 is 0 Å². The van der Waals surface area contributed by atoms with Gasteiger partial charge in [-0.2, -0.15) is 0 Å². The second kappa shape index (κ2) is 11.0. The van der Waals surface area contributed by atoms with Crippen molar-refractivity contribution >= 4 is 34.1 Å². The van der Waals surface area contributed by atoms with E-state index in [1.54, 1.807) is 6.20 Å². The topological polar surface area (TPSA) is 74.7 Å². The Morgan fingerprint density at radius 3 is 2.46 bits per heavy atom. The summed E-state index contributed by atoms with van der Waals surface area (Å²) in [5.74, 6) is 0.0145. The van der Waals surface area contributed by atoms with Gasteiger partial charge in [-0.3, -0.25) is 9.78 Å². The van der Waals surface area contributed by atoms with Gasteiger partial charge in [-0.1, -0.05) is 72.3 Å². The smallest absolute Gasteiger partial charge is 0.252 e. The third-order valence-corrected chi connectivity index (χ3v) is 6.71. The van der Waals surface area contributed by atoms with E-state index in [1.807, 2.05) is 84.9 Å². The number of ether oxygens (including phenoxy) is 1. The molecule has 5 rings (SSSR count). The lowest BCUT2D eigenvalue weighted by Gasteiger charge is -2.36. The van der Waals surface area contributed by atoms with E-state index in [2.05, 4.69) is 10.3 Å². The molecule has 1 aromatic heterocycles. The summed E-state index contributed by atoms with van der Waals surface area (Å²) in [6.07, 6.45) is 4.02. The maximum Gasteiger partial charge on any atom is 0.252 e. The lowest BCUT2D eigenvalue weighted by Crippen LogP contribution is -2.51. The molecule has 37 heavy (non-hydrogen) atoms. The van der Waals surface area contributed by atoms with Crippen molar-refractivity contribution < 1.29 is 14.6 Å². The fourth-order valence-corrected chi connectivity index (χ4v) is 4.77. The molecule has 4 aromatic rings. The molecule has 0 bridgehead atoms. The summed E-state index contributed by atoms with van der Waals surface area (Å²) >= 11 is 6.10. The van der Waals surface area contributed by atoms with Crippen LogP contribution in [-0.4, -0.2) is 39.7 Å². The van der Waals surface area contributed by atoms with Crippen molar-refractivity contribution in [3.05, 3.63) is 119 Å². The summed E-state index contributed by atoms with van der Waals surface area (Å²) in [6, 6.07) is 26.9. The van der Waals surface area contributed by atoms with Crippen LogP contribution in [0.25, 0.3) is 10.9 Å². The number of pyridine rings is 1. The predicted octanol–water partition coefficient (Wildman–Crippen LogP) is 5.56. The van der Waals surface area contributed by atoms with Crippen molar-refractivity contribution in [2.45, 2.75) is 25.2 Å². The van der Waals surface area contributed by atoms with Crippen molar-refractivity contribution in [3.8, 4) is 0 Å². The lowest BCUT2D eigenvalue weighted by molar-refractivity contribution is -0.147. The Balaban J connectivity index is 1.28. The molecule has 0 saturated carbocycles. The molecule has 0 spiro atoms. The Morgan fingerprint density at radius 1 is 0.973 bits per heavy atom. The van der Waals surface area contributed by atoms with Crippen molar-refractivity contribution in [2.24, 2.45) is 0 Å². The maximum atomic E-state index is 13.0. The normalized spacial score (nSPS) is 17.2. The van der Waals surface area contributed by atoms with E-state index in [1.165, 1.54) is 11.0 Å². The number of hydrogen-bond acceptors (Lipinski definition) is 5. The number of nitrogens with one attached hydrogen (secondary N) is 1. The Kier molecular flexibility index (Phi) is 7.40. The zero-order valence-corrected chi connectivity index (χ0v) is 21.1.